The van der Waals surface area contributed by atoms with Crippen molar-refractivity contribution in [2.75, 3.05) is 19.6 Å². The molecule has 0 bridgehead atoms. The summed E-state index contributed by atoms with van der Waals surface area (Å²) < 4.78 is 24.0. The summed E-state index contributed by atoms with van der Waals surface area (Å²) in [6.07, 6.45) is 3.30. The standard InChI is InChI=1S/C11H24N4O3S/c1-2-4-10(12)11(16)15-6-3-5-9(8-15)7-14-19(13,17)18/h9-10,14H,2-8,12H2,1H3,(H2,13,17,18)/t9?,10-/m1/s1. The van der Waals surface area contributed by atoms with E-state index in [1.165, 1.54) is 0 Å². The van der Waals surface area contributed by atoms with Crippen molar-refractivity contribution in [2.45, 2.75) is 38.6 Å². The zero-order valence-electron chi connectivity index (χ0n) is 11.3. The third-order valence-electron chi connectivity index (χ3n) is 3.32. The molecule has 7 nitrogen and oxygen atoms in total. The molecule has 0 saturated carbocycles. The highest BCUT2D eigenvalue weighted by atomic mass is 32.2. The number of hydrogen-bond donors (Lipinski definition) is 3. The Balaban J connectivity index is 2.47. The lowest BCUT2D eigenvalue weighted by Gasteiger charge is -2.34. The summed E-state index contributed by atoms with van der Waals surface area (Å²) in [6, 6.07) is -0.449. The first kappa shape index (κ1) is 16.4. The molecular weight excluding hydrogens is 268 g/mol. The smallest absolute Gasteiger partial charge is 0.274 e. The van der Waals surface area contributed by atoms with Gasteiger partial charge in [0.05, 0.1) is 6.04 Å². The maximum atomic E-state index is 12.1. The Morgan fingerprint density at radius 1 is 1.53 bits per heavy atom. The Kier molecular flexibility index (Phi) is 6.18. The van der Waals surface area contributed by atoms with Gasteiger partial charge in [-0.05, 0) is 25.2 Å². The summed E-state index contributed by atoms with van der Waals surface area (Å²) in [4.78, 5) is 13.8. The van der Waals surface area contributed by atoms with Gasteiger partial charge in [-0.1, -0.05) is 13.3 Å². The van der Waals surface area contributed by atoms with Crippen LogP contribution in [0.2, 0.25) is 0 Å². The molecule has 1 fully saturated rings. The van der Waals surface area contributed by atoms with Crippen LogP contribution in [0.15, 0.2) is 0 Å². The summed E-state index contributed by atoms with van der Waals surface area (Å²) in [5.74, 6) is 0.0620. The molecule has 1 aliphatic heterocycles. The SMILES string of the molecule is CCC[C@@H](N)C(=O)N1CCCC(CNS(N)(=O)=O)C1. The van der Waals surface area contributed by atoms with E-state index in [1.807, 2.05) is 6.92 Å². The van der Waals surface area contributed by atoms with Gasteiger partial charge in [0, 0.05) is 19.6 Å². The van der Waals surface area contributed by atoms with Crippen molar-refractivity contribution in [3.8, 4) is 0 Å². The second kappa shape index (κ2) is 7.18. The van der Waals surface area contributed by atoms with E-state index >= 15 is 0 Å². The van der Waals surface area contributed by atoms with Gasteiger partial charge in [-0.3, -0.25) is 4.79 Å². The van der Waals surface area contributed by atoms with Crippen molar-refractivity contribution < 1.29 is 13.2 Å². The van der Waals surface area contributed by atoms with E-state index in [-0.39, 0.29) is 18.4 Å². The number of carbonyl (C=O) groups excluding carboxylic acids is 1. The van der Waals surface area contributed by atoms with E-state index < -0.39 is 16.3 Å². The number of nitrogens with zero attached hydrogens (tertiary/aromatic N) is 1. The van der Waals surface area contributed by atoms with Gasteiger partial charge in [0.2, 0.25) is 5.91 Å². The number of nitrogens with two attached hydrogens (primary N) is 2. The average molecular weight is 292 g/mol. The Bertz CT molecular complexity index is 399. The predicted octanol–water partition coefficient (Wildman–Crippen LogP) is -0.854. The lowest BCUT2D eigenvalue weighted by atomic mass is 9.97. The van der Waals surface area contributed by atoms with E-state index in [2.05, 4.69) is 4.72 Å². The maximum Gasteiger partial charge on any atom is 0.274 e. The van der Waals surface area contributed by atoms with Crippen LogP contribution in [0.1, 0.15) is 32.6 Å². The van der Waals surface area contributed by atoms with E-state index in [1.54, 1.807) is 4.90 Å². The van der Waals surface area contributed by atoms with Crippen LogP contribution in [0.4, 0.5) is 0 Å². The Labute approximate surface area is 114 Å². The molecule has 1 heterocycles. The number of hydrogen-bond acceptors (Lipinski definition) is 4. The molecule has 19 heavy (non-hydrogen) atoms. The van der Waals surface area contributed by atoms with Crippen molar-refractivity contribution in [1.29, 1.82) is 0 Å². The zero-order chi connectivity index (χ0) is 14.5. The zero-order valence-corrected chi connectivity index (χ0v) is 12.2. The summed E-state index contributed by atoms with van der Waals surface area (Å²) in [5, 5.41) is 4.90. The molecule has 0 aliphatic carbocycles. The van der Waals surface area contributed by atoms with E-state index in [0.717, 1.165) is 19.3 Å². The van der Waals surface area contributed by atoms with E-state index in [9.17, 15) is 13.2 Å². The largest absolute Gasteiger partial charge is 0.341 e. The van der Waals surface area contributed by atoms with Crippen LogP contribution in [0.25, 0.3) is 0 Å². The molecule has 1 amide bonds. The van der Waals surface area contributed by atoms with Gasteiger partial charge in [-0.15, -0.1) is 0 Å². The fourth-order valence-electron chi connectivity index (χ4n) is 2.33. The van der Waals surface area contributed by atoms with Crippen molar-refractivity contribution in [3.05, 3.63) is 0 Å². The number of carbonyl (C=O) groups is 1. The summed E-state index contributed by atoms with van der Waals surface area (Å²) in [5.41, 5.74) is 5.82. The fourth-order valence-corrected chi connectivity index (χ4v) is 2.80. The molecule has 0 aromatic rings. The number of amides is 1. The molecule has 1 saturated heterocycles. The van der Waals surface area contributed by atoms with Crippen LogP contribution < -0.4 is 15.6 Å². The molecule has 0 aromatic heterocycles. The molecule has 1 rings (SSSR count). The second-order valence-corrected chi connectivity index (χ2v) is 6.46. The molecule has 112 valence electrons. The minimum atomic E-state index is -3.66. The molecule has 0 aromatic carbocycles. The highest BCUT2D eigenvalue weighted by Gasteiger charge is 2.27. The first-order valence-electron chi connectivity index (χ1n) is 6.65. The number of piperidine rings is 1. The summed E-state index contributed by atoms with van der Waals surface area (Å²) in [7, 11) is -3.66. The van der Waals surface area contributed by atoms with E-state index in [4.69, 9.17) is 10.9 Å². The van der Waals surface area contributed by atoms with Gasteiger partial charge in [0.15, 0.2) is 0 Å². The highest BCUT2D eigenvalue weighted by molar-refractivity contribution is 7.87. The minimum Gasteiger partial charge on any atom is -0.341 e. The lowest BCUT2D eigenvalue weighted by Crippen LogP contribution is -2.49. The molecule has 5 N–H and O–H groups in total. The average Bonchev–Trinajstić information content (AvgIpc) is 2.35. The number of nitrogens with one attached hydrogen (secondary N) is 1. The lowest BCUT2D eigenvalue weighted by molar-refractivity contribution is -0.134. The first-order chi connectivity index (χ1) is 8.83. The Hall–Kier alpha value is -0.700. The van der Waals surface area contributed by atoms with Crippen LogP contribution in [0, 0.1) is 5.92 Å². The third kappa shape index (κ3) is 5.85. The predicted molar refractivity (Wildman–Crippen MR) is 73.3 cm³/mol. The molecule has 0 radical (unpaired) electrons. The monoisotopic (exact) mass is 292 g/mol. The van der Waals surface area contributed by atoms with Crippen molar-refractivity contribution >= 4 is 16.1 Å². The van der Waals surface area contributed by atoms with Gasteiger partial charge in [-0.2, -0.15) is 8.42 Å². The van der Waals surface area contributed by atoms with Crippen molar-refractivity contribution in [1.82, 2.24) is 9.62 Å². The third-order valence-corrected chi connectivity index (χ3v) is 3.89. The van der Waals surface area contributed by atoms with Crippen LogP contribution >= 0.6 is 0 Å². The van der Waals surface area contributed by atoms with Crippen LogP contribution in [-0.2, 0) is 15.0 Å². The van der Waals surface area contributed by atoms with Crippen LogP contribution in [-0.4, -0.2) is 44.9 Å². The second-order valence-electron chi connectivity index (χ2n) is 5.08. The first-order valence-corrected chi connectivity index (χ1v) is 8.20. The normalized spacial score (nSPS) is 22.3. The topological polar surface area (TPSA) is 119 Å². The molecule has 0 spiro atoms. The van der Waals surface area contributed by atoms with Gasteiger partial charge >= 0.3 is 0 Å². The summed E-state index contributed by atoms with van der Waals surface area (Å²) in [6.45, 7) is 3.49. The quantitative estimate of drug-likeness (QED) is 0.590. The fraction of sp³-hybridized carbons (Fsp3) is 0.909. The molecule has 1 aliphatic rings. The van der Waals surface area contributed by atoms with Gasteiger partial charge < -0.3 is 10.6 Å². The molecular formula is C11H24N4O3S. The molecule has 8 heteroatoms. The molecule has 2 atom stereocenters. The van der Waals surface area contributed by atoms with Crippen molar-refractivity contribution in [2.24, 2.45) is 16.8 Å². The summed E-state index contributed by atoms with van der Waals surface area (Å²) >= 11 is 0. The molecule has 1 unspecified atom stereocenters. The van der Waals surface area contributed by atoms with Gasteiger partial charge in [0.25, 0.3) is 10.2 Å². The Morgan fingerprint density at radius 3 is 2.79 bits per heavy atom. The number of rotatable bonds is 6. The Morgan fingerprint density at radius 2 is 2.21 bits per heavy atom. The maximum absolute atomic E-state index is 12.1. The van der Waals surface area contributed by atoms with Crippen LogP contribution in [0.3, 0.4) is 0 Å². The van der Waals surface area contributed by atoms with Gasteiger partial charge in [-0.25, -0.2) is 9.86 Å². The minimum absolute atomic E-state index is 0.0397. The highest BCUT2D eigenvalue weighted by Crippen LogP contribution is 2.17. The van der Waals surface area contributed by atoms with E-state index in [0.29, 0.717) is 19.5 Å². The number of likely N-dealkylation sites (tertiary alicyclic amines) is 1. The van der Waals surface area contributed by atoms with Gasteiger partial charge in [0.1, 0.15) is 0 Å². The van der Waals surface area contributed by atoms with Crippen LogP contribution in [0.5, 0.6) is 0 Å². The van der Waals surface area contributed by atoms with Crippen molar-refractivity contribution in [3.63, 3.8) is 0 Å².